The van der Waals surface area contributed by atoms with Crippen molar-refractivity contribution in [1.82, 2.24) is 4.98 Å². The Morgan fingerprint density at radius 1 is 1.12 bits per heavy atom. The minimum absolute atomic E-state index is 0.243. The van der Waals surface area contributed by atoms with E-state index in [0.29, 0.717) is 5.02 Å². The van der Waals surface area contributed by atoms with E-state index in [-0.39, 0.29) is 12.0 Å². The van der Waals surface area contributed by atoms with Crippen molar-refractivity contribution in [3.63, 3.8) is 0 Å². The number of carbonyl (C=O) groups excluding carboxylic acids is 2. The average molecular weight is 343 g/mol. The summed E-state index contributed by atoms with van der Waals surface area (Å²) in [6, 6.07) is 12.9. The highest BCUT2D eigenvalue weighted by Crippen LogP contribution is 2.19. The third kappa shape index (κ3) is 3.48. The monoisotopic (exact) mass is 342 g/mol. The smallest absolute Gasteiger partial charge is 0.345 e. The normalized spacial score (nSPS) is 12.1. The molecule has 0 bridgehead atoms. The van der Waals surface area contributed by atoms with Crippen LogP contribution in [0.5, 0.6) is 0 Å². The van der Waals surface area contributed by atoms with Crippen LogP contribution in [0, 0.1) is 0 Å². The van der Waals surface area contributed by atoms with Crippen LogP contribution in [0.15, 0.2) is 54.7 Å². The number of benzene rings is 2. The fraction of sp³-hybridized carbons (Fsp3) is 0.111. The molecule has 6 heteroatoms. The Labute approximate surface area is 143 Å². The Bertz CT molecular complexity index is 887. The topological polar surface area (TPSA) is 85.2 Å². The van der Waals surface area contributed by atoms with Crippen molar-refractivity contribution < 1.29 is 14.3 Å². The molecule has 24 heavy (non-hydrogen) atoms. The van der Waals surface area contributed by atoms with Gasteiger partial charge in [-0.1, -0.05) is 29.8 Å². The van der Waals surface area contributed by atoms with Gasteiger partial charge in [0, 0.05) is 28.5 Å². The summed E-state index contributed by atoms with van der Waals surface area (Å²) in [7, 11) is 0. The van der Waals surface area contributed by atoms with Crippen molar-refractivity contribution in [3.8, 4) is 0 Å². The van der Waals surface area contributed by atoms with Crippen LogP contribution < -0.4 is 5.73 Å². The number of hydrogen-bond donors (Lipinski definition) is 2. The van der Waals surface area contributed by atoms with E-state index in [2.05, 4.69) is 4.98 Å². The number of aromatic nitrogens is 1. The summed E-state index contributed by atoms with van der Waals surface area (Å²) < 4.78 is 4.84. The third-order valence-corrected chi connectivity index (χ3v) is 3.94. The Hall–Kier alpha value is -2.63. The van der Waals surface area contributed by atoms with Crippen molar-refractivity contribution in [2.45, 2.75) is 12.5 Å². The number of nitrogens with two attached hydrogens (primary N) is 1. The quantitative estimate of drug-likeness (QED) is 0.563. The molecule has 0 aliphatic rings. The average Bonchev–Trinajstić information content (AvgIpc) is 2.98. The van der Waals surface area contributed by atoms with E-state index in [9.17, 15) is 9.59 Å². The summed E-state index contributed by atoms with van der Waals surface area (Å²) in [5.41, 5.74) is 7.99. The molecule has 0 saturated carbocycles. The van der Waals surface area contributed by atoms with E-state index in [4.69, 9.17) is 22.1 Å². The number of para-hydroxylation sites is 1. The summed E-state index contributed by atoms with van der Waals surface area (Å²) in [5, 5.41) is 1.48. The molecule has 1 aromatic heterocycles. The van der Waals surface area contributed by atoms with Crippen molar-refractivity contribution in [1.29, 1.82) is 0 Å². The largest absolute Gasteiger partial charge is 0.388 e. The lowest BCUT2D eigenvalue weighted by Crippen LogP contribution is -2.35. The van der Waals surface area contributed by atoms with E-state index in [0.717, 1.165) is 16.5 Å². The molecule has 0 aliphatic heterocycles. The Morgan fingerprint density at radius 3 is 2.58 bits per heavy atom. The molecule has 0 unspecified atom stereocenters. The minimum atomic E-state index is -0.930. The fourth-order valence-electron chi connectivity index (χ4n) is 2.43. The van der Waals surface area contributed by atoms with Crippen molar-refractivity contribution in [2.75, 3.05) is 0 Å². The fourth-order valence-corrected chi connectivity index (χ4v) is 2.56. The van der Waals surface area contributed by atoms with Gasteiger partial charge in [0.15, 0.2) is 0 Å². The first kappa shape index (κ1) is 16.2. The van der Waals surface area contributed by atoms with Gasteiger partial charge in [0.25, 0.3) is 0 Å². The Kier molecular flexibility index (Phi) is 4.64. The molecule has 3 aromatic rings. The lowest BCUT2D eigenvalue weighted by Gasteiger charge is -2.10. The maximum atomic E-state index is 12.1. The standard InChI is InChI=1S/C18H15ClN2O3/c19-13-7-5-11(6-8-13)17(22)24-18(23)15(20)9-12-10-21-16-4-2-1-3-14(12)16/h1-8,10,15,21H,9,20H2/t15-/m0/s1. The van der Waals surface area contributed by atoms with E-state index < -0.39 is 18.0 Å². The van der Waals surface area contributed by atoms with Gasteiger partial charge in [-0.15, -0.1) is 0 Å². The van der Waals surface area contributed by atoms with Crippen LogP contribution in [0.3, 0.4) is 0 Å². The van der Waals surface area contributed by atoms with Crippen LogP contribution in [0.1, 0.15) is 15.9 Å². The van der Waals surface area contributed by atoms with Gasteiger partial charge in [-0.3, -0.25) is 0 Å². The van der Waals surface area contributed by atoms with E-state index in [1.807, 2.05) is 24.3 Å². The van der Waals surface area contributed by atoms with E-state index >= 15 is 0 Å². The second-order valence-corrected chi connectivity index (χ2v) is 5.82. The van der Waals surface area contributed by atoms with Gasteiger partial charge in [-0.05, 0) is 35.9 Å². The Balaban J connectivity index is 1.66. The first-order valence-corrected chi connectivity index (χ1v) is 7.74. The minimum Gasteiger partial charge on any atom is -0.388 e. The second-order valence-electron chi connectivity index (χ2n) is 5.39. The lowest BCUT2D eigenvalue weighted by atomic mass is 10.1. The van der Waals surface area contributed by atoms with E-state index in [1.165, 1.54) is 12.1 Å². The molecule has 0 saturated heterocycles. The van der Waals surface area contributed by atoms with Crippen molar-refractivity contribution in [2.24, 2.45) is 5.73 Å². The van der Waals surface area contributed by atoms with Crippen LogP contribution >= 0.6 is 11.6 Å². The molecule has 122 valence electrons. The number of carbonyl (C=O) groups is 2. The number of aromatic amines is 1. The van der Waals surface area contributed by atoms with Crippen molar-refractivity contribution >= 4 is 34.4 Å². The maximum absolute atomic E-state index is 12.1. The van der Waals surface area contributed by atoms with Crippen LogP contribution in [0.4, 0.5) is 0 Å². The zero-order chi connectivity index (χ0) is 17.1. The first-order valence-electron chi connectivity index (χ1n) is 7.37. The van der Waals surface area contributed by atoms with Gasteiger partial charge in [0.2, 0.25) is 0 Å². The number of nitrogens with one attached hydrogen (secondary N) is 1. The second kappa shape index (κ2) is 6.86. The molecule has 1 atom stereocenters. The predicted molar refractivity (Wildman–Crippen MR) is 91.9 cm³/mol. The molecular weight excluding hydrogens is 328 g/mol. The van der Waals surface area contributed by atoms with Crippen LogP contribution in [-0.2, 0) is 16.0 Å². The molecule has 0 radical (unpaired) electrons. The lowest BCUT2D eigenvalue weighted by molar-refractivity contribution is -0.139. The SMILES string of the molecule is N[C@@H](Cc1c[nH]c2ccccc12)C(=O)OC(=O)c1ccc(Cl)cc1. The van der Waals surface area contributed by atoms with Gasteiger partial charge >= 0.3 is 11.9 Å². The van der Waals surface area contributed by atoms with Crippen molar-refractivity contribution in [3.05, 3.63) is 70.9 Å². The predicted octanol–water partition coefficient (Wildman–Crippen LogP) is 3.07. The number of hydrogen-bond acceptors (Lipinski definition) is 4. The van der Waals surface area contributed by atoms with Crippen LogP contribution in [-0.4, -0.2) is 23.0 Å². The molecule has 2 aromatic carbocycles. The van der Waals surface area contributed by atoms with Gasteiger partial charge in [0.1, 0.15) is 6.04 Å². The highest BCUT2D eigenvalue weighted by atomic mass is 35.5. The van der Waals surface area contributed by atoms with Gasteiger partial charge in [-0.2, -0.15) is 0 Å². The molecular formula is C18H15ClN2O3. The van der Waals surface area contributed by atoms with Crippen LogP contribution in [0.25, 0.3) is 10.9 Å². The molecule has 3 N–H and O–H groups in total. The zero-order valence-corrected chi connectivity index (χ0v) is 13.4. The third-order valence-electron chi connectivity index (χ3n) is 3.69. The number of ether oxygens (including phenoxy) is 1. The highest BCUT2D eigenvalue weighted by Gasteiger charge is 2.21. The highest BCUT2D eigenvalue weighted by molar-refractivity contribution is 6.30. The van der Waals surface area contributed by atoms with E-state index in [1.54, 1.807) is 18.3 Å². The summed E-state index contributed by atoms with van der Waals surface area (Å²) in [4.78, 5) is 27.1. The number of esters is 2. The van der Waals surface area contributed by atoms with Gasteiger partial charge < -0.3 is 15.5 Å². The molecule has 0 aliphatic carbocycles. The maximum Gasteiger partial charge on any atom is 0.345 e. The zero-order valence-electron chi connectivity index (χ0n) is 12.7. The molecule has 0 amide bonds. The van der Waals surface area contributed by atoms with Crippen LogP contribution in [0.2, 0.25) is 5.02 Å². The molecule has 5 nitrogen and oxygen atoms in total. The number of halogens is 1. The summed E-state index contributed by atoms with van der Waals surface area (Å²) in [5.74, 6) is -1.51. The summed E-state index contributed by atoms with van der Waals surface area (Å²) in [6.07, 6.45) is 2.08. The molecule has 0 fully saturated rings. The number of rotatable bonds is 4. The molecule has 1 heterocycles. The van der Waals surface area contributed by atoms with Gasteiger partial charge in [-0.25, -0.2) is 9.59 Å². The molecule has 0 spiro atoms. The number of H-pyrrole nitrogens is 1. The number of fused-ring (bicyclic) bond motifs is 1. The summed E-state index contributed by atoms with van der Waals surface area (Å²) in [6.45, 7) is 0. The molecule has 3 rings (SSSR count). The Morgan fingerprint density at radius 2 is 1.83 bits per heavy atom. The first-order chi connectivity index (χ1) is 11.5. The van der Waals surface area contributed by atoms with Gasteiger partial charge in [0.05, 0.1) is 5.56 Å². The summed E-state index contributed by atoms with van der Waals surface area (Å²) >= 11 is 5.76.